The Morgan fingerprint density at radius 3 is 2.60 bits per heavy atom. The van der Waals surface area contributed by atoms with E-state index >= 15 is 0 Å². The number of nitrogens with one attached hydrogen (secondary N) is 1. The Morgan fingerprint density at radius 2 is 1.92 bits per heavy atom. The van der Waals surface area contributed by atoms with E-state index in [-0.39, 0.29) is 23.9 Å². The number of carbonyl (C=O) groups excluding carboxylic acids is 1. The Kier molecular flexibility index (Phi) is 5.46. The highest BCUT2D eigenvalue weighted by Gasteiger charge is 2.34. The third-order valence-electron chi connectivity index (χ3n) is 5.43. The van der Waals surface area contributed by atoms with Gasteiger partial charge in [-0.15, -0.1) is 0 Å². The number of aliphatic hydroxyl groups is 1. The minimum atomic E-state index is -0.670. The molecule has 25 heavy (non-hydrogen) atoms. The molecule has 0 aromatic heterocycles. The summed E-state index contributed by atoms with van der Waals surface area (Å²) in [5.41, 5.74) is 2.18. The highest BCUT2D eigenvalue weighted by molar-refractivity contribution is 5.82. The van der Waals surface area contributed by atoms with Crippen molar-refractivity contribution in [2.24, 2.45) is 0 Å². The number of carbonyl (C=O) groups is 1. The quantitative estimate of drug-likeness (QED) is 0.869. The summed E-state index contributed by atoms with van der Waals surface area (Å²) in [6.45, 7) is 11.7. The van der Waals surface area contributed by atoms with Crippen LogP contribution in [0.5, 0.6) is 0 Å². The van der Waals surface area contributed by atoms with Crippen LogP contribution in [0, 0.1) is 0 Å². The maximum absolute atomic E-state index is 12.6. The van der Waals surface area contributed by atoms with Gasteiger partial charge in [0.1, 0.15) is 6.04 Å². The smallest absolute Gasteiger partial charge is 0.238 e. The van der Waals surface area contributed by atoms with Gasteiger partial charge in [-0.2, -0.15) is 0 Å². The number of nitrogens with zero attached hydrogens (tertiary/aromatic N) is 2. The Labute approximate surface area is 151 Å². The van der Waals surface area contributed by atoms with Gasteiger partial charge in [0, 0.05) is 32.7 Å². The standard InChI is InChI=1S/C20H31N3O2/c1-20(2,3)16-7-5-15(6-8-16)18(24)13-21-19(25)17-14-22-9-4-10-23(17)12-11-22/h5-8,17-18,24H,4,9-14H2,1-3H3,(H,21,25)/t17-,18-/m1/s1. The van der Waals surface area contributed by atoms with Gasteiger partial charge in [-0.1, -0.05) is 45.0 Å². The Hall–Kier alpha value is -1.43. The number of amides is 1. The second-order valence-corrected chi connectivity index (χ2v) is 8.34. The first-order valence-corrected chi connectivity index (χ1v) is 9.37. The molecule has 5 nitrogen and oxygen atoms in total. The number of fused-ring (bicyclic) bond motifs is 4. The van der Waals surface area contributed by atoms with E-state index in [9.17, 15) is 9.90 Å². The van der Waals surface area contributed by atoms with Crippen LogP contribution >= 0.6 is 0 Å². The van der Waals surface area contributed by atoms with Crippen LogP contribution in [0.2, 0.25) is 0 Å². The van der Waals surface area contributed by atoms with Gasteiger partial charge < -0.3 is 10.4 Å². The first-order chi connectivity index (χ1) is 11.8. The molecule has 0 spiro atoms. The van der Waals surface area contributed by atoms with Crippen LogP contribution in [0.4, 0.5) is 0 Å². The van der Waals surface area contributed by atoms with Crippen LogP contribution in [0.3, 0.4) is 0 Å². The zero-order valence-electron chi connectivity index (χ0n) is 15.7. The average molecular weight is 345 g/mol. The molecule has 0 aliphatic carbocycles. The van der Waals surface area contributed by atoms with Crippen molar-refractivity contribution in [1.82, 2.24) is 15.1 Å². The zero-order valence-corrected chi connectivity index (χ0v) is 15.7. The molecule has 0 saturated carbocycles. The van der Waals surface area contributed by atoms with Crippen molar-refractivity contribution < 1.29 is 9.90 Å². The van der Waals surface area contributed by atoms with Crippen molar-refractivity contribution in [3.8, 4) is 0 Å². The maximum Gasteiger partial charge on any atom is 0.238 e. The predicted molar refractivity (Wildman–Crippen MR) is 99.5 cm³/mol. The monoisotopic (exact) mass is 345 g/mol. The maximum atomic E-state index is 12.6. The molecule has 4 atom stereocenters. The lowest BCUT2D eigenvalue weighted by atomic mass is 9.86. The number of rotatable bonds is 4. The molecule has 138 valence electrons. The van der Waals surface area contributed by atoms with Gasteiger partial charge in [-0.25, -0.2) is 0 Å². The number of benzene rings is 1. The molecule has 3 fully saturated rings. The lowest BCUT2D eigenvalue weighted by Crippen LogP contribution is -2.57. The summed E-state index contributed by atoms with van der Waals surface area (Å²) in [5.74, 6) is 0.0389. The van der Waals surface area contributed by atoms with Crippen molar-refractivity contribution in [3.05, 3.63) is 35.4 Å². The largest absolute Gasteiger partial charge is 0.387 e. The van der Waals surface area contributed by atoms with Crippen molar-refractivity contribution in [2.45, 2.75) is 44.8 Å². The van der Waals surface area contributed by atoms with Crippen LogP contribution in [-0.4, -0.2) is 66.1 Å². The first-order valence-electron chi connectivity index (χ1n) is 9.37. The molecular formula is C20H31N3O2. The van der Waals surface area contributed by atoms with Gasteiger partial charge >= 0.3 is 0 Å². The van der Waals surface area contributed by atoms with E-state index in [0.717, 1.165) is 44.7 Å². The zero-order chi connectivity index (χ0) is 18.0. The fourth-order valence-electron chi connectivity index (χ4n) is 3.73. The highest BCUT2D eigenvalue weighted by atomic mass is 16.3. The van der Waals surface area contributed by atoms with Gasteiger partial charge in [0.05, 0.1) is 6.10 Å². The molecule has 3 aliphatic rings. The molecule has 1 aromatic carbocycles. The number of piperazine rings is 1. The van der Waals surface area contributed by atoms with Crippen LogP contribution in [0.15, 0.2) is 24.3 Å². The third kappa shape index (κ3) is 4.40. The van der Waals surface area contributed by atoms with Crippen LogP contribution < -0.4 is 5.32 Å². The second-order valence-electron chi connectivity index (χ2n) is 8.34. The summed E-state index contributed by atoms with van der Waals surface area (Å²) in [7, 11) is 0. The van der Waals surface area contributed by atoms with Gasteiger partial charge in [0.15, 0.2) is 0 Å². The van der Waals surface area contributed by atoms with E-state index in [2.05, 4.69) is 48.0 Å². The third-order valence-corrected chi connectivity index (χ3v) is 5.43. The summed E-state index contributed by atoms with van der Waals surface area (Å²) in [5, 5.41) is 13.4. The topological polar surface area (TPSA) is 55.8 Å². The molecule has 2 bridgehead atoms. The summed E-state index contributed by atoms with van der Waals surface area (Å²) < 4.78 is 0. The van der Waals surface area contributed by atoms with E-state index in [0.29, 0.717) is 0 Å². The Bertz CT molecular complexity index is 590. The Morgan fingerprint density at radius 1 is 1.20 bits per heavy atom. The van der Waals surface area contributed by atoms with Gasteiger partial charge in [0.2, 0.25) is 5.91 Å². The normalized spacial score (nSPS) is 27.6. The molecule has 2 unspecified atom stereocenters. The minimum Gasteiger partial charge on any atom is -0.387 e. The Balaban J connectivity index is 1.55. The fourth-order valence-corrected chi connectivity index (χ4v) is 3.73. The first kappa shape index (κ1) is 18.4. The summed E-state index contributed by atoms with van der Waals surface area (Å²) >= 11 is 0. The molecular weight excluding hydrogens is 314 g/mol. The predicted octanol–water partition coefficient (Wildman–Crippen LogP) is 1.52. The van der Waals surface area contributed by atoms with Gasteiger partial charge in [-0.05, 0) is 29.5 Å². The summed E-state index contributed by atoms with van der Waals surface area (Å²) in [6, 6.07) is 7.96. The van der Waals surface area contributed by atoms with Crippen LogP contribution in [0.25, 0.3) is 0 Å². The average Bonchev–Trinajstić information content (AvgIpc) is 2.94. The van der Waals surface area contributed by atoms with E-state index < -0.39 is 6.10 Å². The van der Waals surface area contributed by atoms with Crippen LogP contribution in [-0.2, 0) is 10.2 Å². The highest BCUT2D eigenvalue weighted by Crippen LogP contribution is 2.24. The van der Waals surface area contributed by atoms with Crippen molar-refractivity contribution >= 4 is 5.91 Å². The van der Waals surface area contributed by atoms with Crippen molar-refractivity contribution in [2.75, 3.05) is 39.3 Å². The van der Waals surface area contributed by atoms with Crippen LogP contribution in [0.1, 0.15) is 44.4 Å². The summed E-state index contributed by atoms with van der Waals surface area (Å²) in [4.78, 5) is 17.2. The second kappa shape index (κ2) is 7.44. The molecule has 0 radical (unpaired) electrons. The lowest BCUT2D eigenvalue weighted by Gasteiger charge is -2.36. The number of aliphatic hydroxyl groups excluding tert-OH is 1. The molecule has 3 aliphatic heterocycles. The van der Waals surface area contributed by atoms with Gasteiger partial charge in [-0.3, -0.25) is 14.6 Å². The van der Waals surface area contributed by atoms with Gasteiger partial charge in [0.25, 0.3) is 0 Å². The lowest BCUT2D eigenvalue weighted by molar-refractivity contribution is -0.128. The van der Waals surface area contributed by atoms with Crippen molar-refractivity contribution in [3.63, 3.8) is 0 Å². The fraction of sp³-hybridized carbons (Fsp3) is 0.650. The SMILES string of the molecule is CC(C)(C)c1ccc([C@H](O)CNC(=O)[C@H]2CN3CCCN2CC3)cc1. The minimum absolute atomic E-state index is 0.0389. The number of hydrogen-bond donors (Lipinski definition) is 2. The van der Waals surface area contributed by atoms with E-state index in [4.69, 9.17) is 0 Å². The van der Waals surface area contributed by atoms with E-state index in [1.165, 1.54) is 5.56 Å². The molecule has 4 rings (SSSR count). The molecule has 3 heterocycles. The van der Waals surface area contributed by atoms with E-state index in [1.54, 1.807) is 0 Å². The van der Waals surface area contributed by atoms with Crippen molar-refractivity contribution in [1.29, 1.82) is 0 Å². The number of hydrogen-bond acceptors (Lipinski definition) is 4. The van der Waals surface area contributed by atoms with E-state index in [1.807, 2.05) is 12.1 Å². The molecule has 3 saturated heterocycles. The molecule has 5 heteroatoms. The molecule has 2 N–H and O–H groups in total. The summed E-state index contributed by atoms with van der Waals surface area (Å²) in [6.07, 6.45) is 0.461. The molecule has 1 amide bonds. The molecule has 1 aromatic rings.